The van der Waals surface area contributed by atoms with Gasteiger partial charge in [-0.25, -0.2) is 4.79 Å². The third-order valence-electron chi connectivity index (χ3n) is 4.67. The van der Waals surface area contributed by atoms with Gasteiger partial charge in [-0.2, -0.15) is 0 Å². The number of aromatic hydroxyl groups is 1. The molecule has 2 aromatic carbocycles. The van der Waals surface area contributed by atoms with E-state index in [4.69, 9.17) is 4.74 Å². The molecule has 0 aromatic heterocycles. The van der Waals surface area contributed by atoms with E-state index in [2.05, 4.69) is 10.6 Å². The smallest absolute Gasteiger partial charge is 0.325 e. The van der Waals surface area contributed by atoms with Crippen molar-refractivity contribution < 1.29 is 24.2 Å². The summed E-state index contributed by atoms with van der Waals surface area (Å²) < 4.78 is 5.09. The van der Waals surface area contributed by atoms with Gasteiger partial charge in [0.1, 0.15) is 17.5 Å². The van der Waals surface area contributed by atoms with E-state index in [1.54, 1.807) is 55.6 Å². The van der Waals surface area contributed by atoms with Crippen LogP contribution in [0.4, 0.5) is 4.79 Å². The van der Waals surface area contributed by atoms with Crippen molar-refractivity contribution in [2.45, 2.75) is 25.4 Å². The lowest BCUT2D eigenvalue weighted by atomic mass is 10.1. The molecule has 1 fully saturated rings. The minimum absolute atomic E-state index is 0.112. The Balaban J connectivity index is 1.48. The first kappa shape index (κ1) is 20.2. The van der Waals surface area contributed by atoms with E-state index < -0.39 is 18.0 Å². The molecule has 8 heteroatoms. The van der Waals surface area contributed by atoms with Crippen molar-refractivity contribution in [3.63, 3.8) is 0 Å². The number of carbonyl (C=O) groups is 3. The molecule has 0 saturated carbocycles. The molecule has 4 amide bonds. The number of hydrogen-bond donors (Lipinski definition) is 3. The SMILES string of the molecule is COc1ccc(CN2C(=O)NC(CC(=O)NCCc3ccc(O)cc3)C2=O)cc1. The Morgan fingerprint density at radius 2 is 1.76 bits per heavy atom. The first-order chi connectivity index (χ1) is 14.0. The molecule has 1 aliphatic rings. The van der Waals surface area contributed by atoms with Crippen molar-refractivity contribution in [1.29, 1.82) is 0 Å². The number of phenolic OH excluding ortho intramolecular Hbond substituents is 1. The van der Waals surface area contributed by atoms with Crippen LogP contribution in [-0.2, 0) is 22.6 Å². The summed E-state index contributed by atoms with van der Waals surface area (Å²) >= 11 is 0. The summed E-state index contributed by atoms with van der Waals surface area (Å²) in [4.78, 5) is 37.9. The number of imide groups is 1. The Kier molecular flexibility index (Phi) is 6.33. The summed E-state index contributed by atoms with van der Waals surface area (Å²) in [6.45, 7) is 0.529. The monoisotopic (exact) mass is 397 g/mol. The summed E-state index contributed by atoms with van der Waals surface area (Å²) in [5, 5.41) is 14.6. The molecule has 29 heavy (non-hydrogen) atoms. The van der Waals surface area contributed by atoms with E-state index >= 15 is 0 Å². The quantitative estimate of drug-likeness (QED) is 0.586. The van der Waals surface area contributed by atoms with Gasteiger partial charge in [-0.15, -0.1) is 0 Å². The number of amides is 4. The van der Waals surface area contributed by atoms with E-state index in [0.29, 0.717) is 18.7 Å². The van der Waals surface area contributed by atoms with Gasteiger partial charge >= 0.3 is 6.03 Å². The van der Waals surface area contributed by atoms with Gasteiger partial charge in [0.2, 0.25) is 5.91 Å². The lowest BCUT2D eigenvalue weighted by molar-refractivity contribution is -0.131. The van der Waals surface area contributed by atoms with Crippen molar-refractivity contribution in [2.75, 3.05) is 13.7 Å². The van der Waals surface area contributed by atoms with Gasteiger partial charge in [0, 0.05) is 6.54 Å². The number of urea groups is 1. The molecular weight excluding hydrogens is 374 g/mol. The van der Waals surface area contributed by atoms with Gasteiger partial charge in [0.15, 0.2) is 0 Å². The predicted octanol–water partition coefficient (Wildman–Crippen LogP) is 1.57. The van der Waals surface area contributed by atoms with Crippen molar-refractivity contribution in [3.05, 3.63) is 59.7 Å². The van der Waals surface area contributed by atoms with E-state index in [9.17, 15) is 19.5 Å². The van der Waals surface area contributed by atoms with E-state index in [1.165, 1.54) is 0 Å². The van der Waals surface area contributed by atoms with Crippen LogP contribution in [-0.4, -0.2) is 47.5 Å². The highest BCUT2D eigenvalue weighted by atomic mass is 16.5. The number of carbonyl (C=O) groups excluding carboxylic acids is 3. The number of hydrogen-bond acceptors (Lipinski definition) is 5. The maximum Gasteiger partial charge on any atom is 0.325 e. The molecule has 3 rings (SSSR count). The molecule has 2 aromatic rings. The Bertz CT molecular complexity index is 880. The Morgan fingerprint density at radius 1 is 1.10 bits per heavy atom. The normalized spacial score (nSPS) is 15.9. The second-order valence-electron chi connectivity index (χ2n) is 6.75. The van der Waals surface area contributed by atoms with Crippen LogP contribution >= 0.6 is 0 Å². The predicted molar refractivity (Wildman–Crippen MR) is 105 cm³/mol. The molecular formula is C21H23N3O5. The zero-order valence-corrected chi connectivity index (χ0v) is 16.1. The molecule has 0 radical (unpaired) electrons. The van der Waals surface area contributed by atoms with Crippen LogP contribution in [0.1, 0.15) is 17.5 Å². The van der Waals surface area contributed by atoms with Crippen LogP contribution in [0.5, 0.6) is 11.5 Å². The molecule has 1 atom stereocenters. The molecule has 152 valence electrons. The van der Waals surface area contributed by atoms with E-state index in [-0.39, 0.29) is 24.6 Å². The third-order valence-corrected chi connectivity index (χ3v) is 4.67. The first-order valence-corrected chi connectivity index (χ1v) is 9.25. The fourth-order valence-corrected chi connectivity index (χ4v) is 3.04. The maximum atomic E-state index is 12.5. The van der Waals surface area contributed by atoms with Crippen molar-refractivity contribution in [3.8, 4) is 11.5 Å². The minimum Gasteiger partial charge on any atom is -0.508 e. The highest BCUT2D eigenvalue weighted by molar-refractivity contribution is 6.05. The first-order valence-electron chi connectivity index (χ1n) is 9.25. The summed E-state index contributed by atoms with van der Waals surface area (Å²) in [5.74, 6) is 0.147. The average molecular weight is 397 g/mol. The molecule has 0 spiro atoms. The van der Waals surface area contributed by atoms with Gasteiger partial charge in [-0.05, 0) is 41.8 Å². The van der Waals surface area contributed by atoms with Crippen molar-refractivity contribution >= 4 is 17.8 Å². The number of phenols is 1. The second kappa shape index (κ2) is 9.09. The van der Waals surface area contributed by atoms with Crippen LogP contribution in [0.3, 0.4) is 0 Å². The molecule has 3 N–H and O–H groups in total. The second-order valence-corrected chi connectivity index (χ2v) is 6.75. The van der Waals surface area contributed by atoms with Crippen LogP contribution in [0.15, 0.2) is 48.5 Å². The number of methoxy groups -OCH3 is 1. The molecule has 1 aliphatic heterocycles. The zero-order chi connectivity index (χ0) is 20.8. The number of nitrogens with one attached hydrogen (secondary N) is 2. The zero-order valence-electron chi connectivity index (χ0n) is 16.1. The van der Waals surface area contributed by atoms with Crippen LogP contribution in [0.25, 0.3) is 0 Å². The van der Waals surface area contributed by atoms with Crippen molar-refractivity contribution in [2.24, 2.45) is 0 Å². The Labute approximate surface area is 168 Å². The van der Waals surface area contributed by atoms with Gasteiger partial charge in [-0.1, -0.05) is 24.3 Å². The fraction of sp³-hybridized carbons (Fsp3) is 0.286. The molecule has 1 heterocycles. The van der Waals surface area contributed by atoms with Gasteiger partial charge < -0.3 is 20.5 Å². The molecule has 0 bridgehead atoms. The fourth-order valence-electron chi connectivity index (χ4n) is 3.04. The highest BCUT2D eigenvalue weighted by Crippen LogP contribution is 2.17. The molecule has 1 saturated heterocycles. The maximum absolute atomic E-state index is 12.5. The Morgan fingerprint density at radius 3 is 2.41 bits per heavy atom. The van der Waals surface area contributed by atoms with Crippen LogP contribution in [0, 0.1) is 0 Å². The number of ether oxygens (including phenoxy) is 1. The summed E-state index contributed by atoms with van der Waals surface area (Å²) in [7, 11) is 1.56. The van der Waals surface area contributed by atoms with E-state index in [0.717, 1.165) is 16.0 Å². The standard InChI is InChI=1S/C21H23N3O5/c1-29-17-8-4-15(5-9-17)13-24-20(27)18(23-21(24)28)12-19(26)22-11-10-14-2-6-16(25)7-3-14/h2-9,18,25H,10-13H2,1H3,(H,22,26)(H,23,28). The summed E-state index contributed by atoms with van der Waals surface area (Å²) in [6, 6.07) is 12.4. The molecule has 8 nitrogen and oxygen atoms in total. The van der Waals surface area contributed by atoms with Crippen LogP contribution in [0.2, 0.25) is 0 Å². The highest BCUT2D eigenvalue weighted by Gasteiger charge is 2.38. The summed E-state index contributed by atoms with van der Waals surface area (Å²) in [6.07, 6.45) is 0.486. The topological polar surface area (TPSA) is 108 Å². The lowest BCUT2D eigenvalue weighted by Gasteiger charge is -2.13. The average Bonchev–Trinajstić information content (AvgIpc) is 2.97. The lowest BCUT2D eigenvalue weighted by Crippen LogP contribution is -2.37. The van der Waals surface area contributed by atoms with Gasteiger partial charge in [0.25, 0.3) is 5.91 Å². The van der Waals surface area contributed by atoms with Gasteiger partial charge in [-0.3, -0.25) is 14.5 Å². The molecule has 1 unspecified atom stereocenters. The van der Waals surface area contributed by atoms with Crippen molar-refractivity contribution in [1.82, 2.24) is 15.5 Å². The van der Waals surface area contributed by atoms with E-state index in [1.807, 2.05) is 0 Å². The largest absolute Gasteiger partial charge is 0.508 e. The third kappa shape index (κ3) is 5.25. The Hall–Kier alpha value is -3.55. The number of rotatable bonds is 8. The van der Waals surface area contributed by atoms with Gasteiger partial charge in [0.05, 0.1) is 20.1 Å². The summed E-state index contributed by atoms with van der Waals surface area (Å²) in [5.41, 5.74) is 1.76. The van der Waals surface area contributed by atoms with Crippen LogP contribution < -0.4 is 15.4 Å². The minimum atomic E-state index is -0.866. The molecule has 0 aliphatic carbocycles. The number of benzene rings is 2. The number of nitrogens with zero attached hydrogens (tertiary/aromatic N) is 1.